The fourth-order valence-electron chi connectivity index (χ4n) is 2.93. The van der Waals surface area contributed by atoms with Gasteiger partial charge < -0.3 is 10.4 Å². The summed E-state index contributed by atoms with van der Waals surface area (Å²) in [5.74, 6) is 0. The topological polar surface area (TPSA) is 35.5 Å². The molecule has 1 unspecified atom stereocenters. The number of rotatable bonds is 5. The lowest BCUT2D eigenvalue weighted by atomic mass is 10.0. The Hall–Kier alpha value is -1.68. The number of hydrogen-bond acceptors (Lipinski definition) is 3. The molecule has 0 saturated carbocycles. The van der Waals surface area contributed by atoms with Gasteiger partial charge in [-0.2, -0.15) is 0 Å². The molecule has 1 heterocycles. The molecular weight excluding hydrogens is 272 g/mol. The van der Waals surface area contributed by atoms with E-state index in [4.69, 9.17) is 0 Å². The Morgan fingerprint density at radius 2 is 1.55 bits per heavy atom. The van der Waals surface area contributed by atoms with E-state index in [1.165, 1.54) is 11.1 Å². The molecule has 22 heavy (non-hydrogen) atoms. The first kappa shape index (κ1) is 15.2. The van der Waals surface area contributed by atoms with Gasteiger partial charge in [-0.3, -0.25) is 4.90 Å². The van der Waals surface area contributed by atoms with Crippen LogP contribution in [0.1, 0.15) is 22.8 Å². The molecule has 1 aliphatic rings. The van der Waals surface area contributed by atoms with Gasteiger partial charge in [-0.05, 0) is 23.1 Å². The predicted molar refractivity (Wildman–Crippen MR) is 90.0 cm³/mol. The fourth-order valence-corrected chi connectivity index (χ4v) is 2.93. The maximum Gasteiger partial charge on any atom is 0.0916 e. The van der Waals surface area contributed by atoms with Crippen molar-refractivity contribution in [2.24, 2.45) is 0 Å². The minimum absolute atomic E-state index is 0.399. The van der Waals surface area contributed by atoms with Gasteiger partial charge in [0.15, 0.2) is 0 Å². The van der Waals surface area contributed by atoms with Crippen molar-refractivity contribution in [3.8, 4) is 0 Å². The first-order valence-electron chi connectivity index (χ1n) is 8.05. The quantitative estimate of drug-likeness (QED) is 0.888. The van der Waals surface area contributed by atoms with E-state index in [1.807, 2.05) is 6.07 Å². The lowest BCUT2D eigenvalue weighted by Gasteiger charge is -2.29. The van der Waals surface area contributed by atoms with Gasteiger partial charge >= 0.3 is 0 Å². The molecule has 0 bridgehead atoms. The molecule has 1 aliphatic heterocycles. The van der Waals surface area contributed by atoms with Gasteiger partial charge in [0.2, 0.25) is 0 Å². The Kier molecular flexibility index (Phi) is 5.22. The Balaban J connectivity index is 1.58. The number of aliphatic hydroxyl groups is 1. The molecule has 0 amide bonds. The van der Waals surface area contributed by atoms with Crippen molar-refractivity contribution < 1.29 is 5.11 Å². The van der Waals surface area contributed by atoms with E-state index < -0.39 is 6.10 Å². The molecule has 0 aromatic heterocycles. The Morgan fingerprint density at radius 3 is 2.23 bits per heavy atom. The zero-order valence-corrected chi connectivity index (χ0v) is 12.9. The second-order valence-electron chi connectivity index (χ2n) is 5.97. The van der Waals surface area contributed by atoms with E-state index in [2.05, 4.69) is 58.7 Å². The molecule has 1 saturated heterocycles. The highest BCUT2D eigenvalue weighted by atomic mass is 16.3. The van der Waals surface area contributed by atoms with Crippen LogP contribution in [0.5, 0.6) is 0 Å². The third kappa shape index (κ3) is 4.17. The molecule has 3 nitrogen and oxygen atoms in total. The van der Waals surface area contributed by atoms with Gasteiger partial charge in [-0.25, -0.2) is 0 Å². The zero-order valence-electron chi connectivity index (χ0n) is 12.9. The third-order valence-corrected chi connectivity index (χ3v) is 4.26. The molecule has 2 aromatic carbocycles. The van der Waals surface area contributed by atoms with Crippen LogP contribution in [-0.4, -0.2) is 42.7 Å². The number of β-amino-alcohol motifs (C(OH)–C–C–N with tert-alkyl or cyclic N) is 1. The van der Waals surface area contributed by atoms with Gasteiger partial charge in [0.1, 0.15) is 0 Å². The number of nitrogens with zero attached hydrogens (tertiary/aromatic N) is 1. The van der Waals surface area contributed by atoms with Crippen molar-refractivity contribution in [1.82, 2.24) is 10.2 Å². The first-order valence-corrected chi connectivity index (χ1v) is 8.05. The Bertz CT molecular complexity index is 562. The van der Waals surface area contributed by atoms with Gasteiger partial charge in [0, 0.05) is 32.7 Å². The maximum atomic E-state index is 10.4. The highest BCUT2D eigenvalue weighted by Crippen LogP contribution is 2.17. The van der Waals surface area contributed by atoms with Crippen molar-refractivity contribution >= 4 is 0 Å². The van der Waals surface area contributed by atoms with Crippen LogP contribution >= 0.6 is 0 Å². The Labute approximate surface area is 132 Å². The summed E-state index contributed by atoms with van der Waals surface area (Å²) >= 11 is 0. The summed E-state index contributed by atoms with van der Waals surface area (Å²) in [5.41, 5.74) is 3.61. The van der Waals surface area contributed by atoms with Crippen LogP contribution in [0.25, 0.3) is 0 Å². The van der Waals surface area contributed by atoms with Gasteiger partial charge in [-0.1, -0.05) is 54.6 Å². The van der Waals surface area contributed by atoms with Gasteiger partial charge in [0.25, 0.3) is 0 Å². The van der Waals surface area contributed by atoms with Crippen molar-refractivity contribution in [2.45, 2.75) is 12.5 Å². The zero-order chi connectivity index (χ0) is 15.2. The summed E-state index contributed by atoms with van der Waals surface area (Å²) < 4.78 is 0. The largest absolute Gasteiger partial charge is 0.387 e. The summed E-state index contributed by atoms with van der Waals surface area (Å²) in [7, 11) is 0. The van der Waals surface area contributed by atoms with Crippen molar-refractivity contribution in [3.05, 3.63) is 71.3 Å². The molecule has 116 valence electrons. The average Bonchev–Trinajstić information content (AvgIpc) is 2.57. The molecule has 1 fully saturated rings. The van der Waals surface area contributed by atoms with Crippen LogP contribution < -0.4 is 5.32 Å². The summed E-state index contributed by atoms with van der Waals surface area (Å²) in [4.78, 5) is 2.32. The molecule has 0 aliphatic carbocycles. The van der Waals surface area contributed by atoms with Crippen LogP contribution in [0.15, 0.2) is 54.6 Å². The molecule has 3 heteroatoms. The minimum Gasteiger partial charge on any atom is -0.387 e. The van der Waals surface area contributed by atoms with E-state index >= 15 is 0 Å². The summed E-state index contributed by atoms with van der Waals surface area (Å²) in [6.45, 7) is 4.79. The molecule has 1 atom stereocenters. The second kappa shape index (κ2) is 7.54. The average molecular weight is 296 g/mol. The van der Waals surface area contributed by atoms with Crippen LogP contribution in [0.3, 0.4) is 0 Å². The summed E-state index contributed by atoms with van der Waals surface area (Å²) in [6, 6.07) is 18.9. The maximum absolute atomic E-state index is 10.4. The van der Waals surface area contributed by atoms with E-state index in [9.17, 15) is 5.11 Å². The molecule has 0 spiro atoms. The highest BCUT2D eigenvalue weighted by Gasteiger charge is 2.15. The third-order valence-electron chi connectivity index (χ3n) is 4.26. The summed E-state index contributed by atoms with van der Waals surface area (Å²) in [6.07, 6.45) is 0.540. The number of aliphatic hydroxyl groups excluding tert-OH is 1. The number of piperazine rings is 1. The minimum atomic E-state index is -0.399. The molecule has 3 rings (SSSR count). The molecule has 2 aromatic rings. The van der Waals surface area contributed by atoms with Crippen LogP contribution in [0.2, 0.25) is 0 Å². The van der Waals surface area contributed by atoms with E-state index in [1.54, 1.807) is 0 Å². The Morgan fingerprint density at radius 1 is 0.909 bits per heavy atom. The molecular formula is C19H24N2O. The predicted octanol–water partition coefficient (Wildman–Crippen LogP) is 2.22. The standard InChI is InChI=1S/C19H24N2O/c22-19(15-21-12-10-20-11-13-21)18-8-6-17(7-9-18)14-16-4-2-1-3-5-16/h1-9,19-20,22H,10-15H2. The first-order chi connectivity index (χ1) is 10.8. The normalized spacial score (nSPS) is 17.3. The highest BCUT2D eigenvalue weighted by molar-refractivity contribution is 5.29. The van der Waals surface area contributed by atoms with Crippen molar-refractivity contribution in [2.75, 3.05) is 32.7 Å². The van der Waals surface area contributed by atoms with Gasteiger partial charge in [-0.15, -0.1) is 0 Å². The number of benzene rings is 2. The second-order valence-corrected chi connectivity index (χ2v) is 5.97. The van der Waals surface area contributed by atoms with Gasteiger partial charge in [0.05, 0.1) is 6.10 Å². The number of nitrogens with one attached hydrogen (secondary N) is 1. The van der Waals surface area contributed by atoms with Crippen molar-refractivity contribution in [3.63, 3.8) is 0 Å². The summed E-state index contributed by atoms with van der Waals surface area (Å²) in [5, 5.41) is 13.7. The van der Waals surface area contributed by atoms with E-state index in [0.717, 1.165) is 44.7 Å². The van der Waals surface area contributed by atoms with Crippen molar-refractivity contribution in [1.29, 1.82) is 0 Å². The van der Waals surface area contributed by atoms with E-state index in [0.29, 0.717) is 0 Å². The van der Waals surface area contributed by atoms with Crippen LogP contribution in [0.4, 0.5) is 0 Å². The van der Waals surface area contributed by atoms with E-state index in [-0.39, 0.29) is 0 Å². The number of hydrogen-bond donors (Lipinski definition) is 2. The lowest BCUT2D eigenvalue weighted by Crippen LogP contribution is -2.44. The SMILES string of the molecule is OC(CN1CCNCC1)c1ccc(Cc2ccccc2)cc1. The van der Waals surface area contributed by atoms with Crippen LogP contribution in [0, 0.1) is 0 Å². The molecule has 2 N–H and O–H groups in total. The molecule has 0 radical (unpaired) electrons. The fraction of sp³-hybridized carbons (Fsp3) is 0.368. The lowest BCUT2D eigenvalue weighted by molar-refractivity contribution is 0.105. The monoisotopic (exact) mass is 296 g/mol. The smallest absolute Gasteiger partial charge is 0.0916 e. The van der Waals surface area contributed by atoms with Crippen LogP contribution in [-0.2, 0) is 6.42 Å².